The van der Waals surface area contributed by atoms with Crippen LogP contribution in [0.4, 0.5) is 18.9 Å². The molecule has 2 aliphatic heterocycles. The average molecular weight is 341 g/mol. The van der Waals surface area contributed by atoms with E-state index < -0.39 is 22.7 Å². The molecule has 1 fully saturated rings. The number of nitrogens with one attached hydrogen (secondary N) is 1. The fourth-order valence-corrected chi connectivity index (χ4v) is 3.36. The van der Waals surface area contributed by atoms with Crippen molar-refractivity contribution in [3.05, 3.63) is 45.8 Å². The minimum absolute atomic E-state index is 0.302. The Kier molecular flexibility index (Phi) is 4.60. The van der Waals surface area contributed by atoms with Gasteiger partial charge < -0.3 is 5.32 Å². The monoisotopic (exact) mass is 341 g/mol. The van der Waals surface area contributed by atoms with Crippen molar-refractivity contribution in [2.24, 2.45) is 0 Å². The van der Waals surface area contributed by atoms with Crippen LogP contribution >= 0.6 is 0 Å². The van der Waals surface area contributed by atoms with E-state index in [0.717, 1.165) is 6.07 Å². The maximum atomic E-state index is 14.1. The molecule has 0 bridgehead atoms. The summed E-state index contributed by atoms with van der Waals surface area (Å²) in [5, 5.41) is 13.4. The third kappa shape index (κ3) is 3.29. The Labute approximate surface area is 137 Å². The summed E-state index contributed by atoms with van der Waals surface area (Å²) in [5.41, 5.74) is 0.705. The Morgan fingerprint density at radius 2 is 2.17 bits per heavy atom. The minimum atomic E-state index is -2.78. The minimum Gasteiger partial charge on any atom is -0.311 e. The van der Waals surface area contributed by atoms with Crippen LogP contribution in [0.15, 0.2) is 24.3 Å². The zero-order valence-corrected chi connectivity index (χ0v) is 13.0. The van der Waals surface area contributed by atoms with Gasteiger partial charge in [0.05, 0.1) is 23.6 Å². The summed E-state index contributed by atoms with van der Waals surface area (Å²) < 4.78 is 42.1. The molecule has 0 aliphatic carbocycles. The Bertz CT molecular complexity index is 679. The molecule has 0 radical (unpaired) electrons. The lowest BCUT2D eigenvalue weighted by atomic mass is 9.94. The molecule has 0 aromatic heterocycles. The summed E-state index contributed by atoms with van der Waals surface area (Å²) in [6.07, 6.45) is 2.56. The van der Waals surface area contributed by atoms with Crippen molar-refractivity contribution in [3.8, 4) is 0 Å². The summed E-state index contributed by atoms with van der Waals surface area (Å²) in [6, 6.07) is 2.72. The summed E-state index contributed by atoms with van der Waals surface area (Å²) >= 11 is 0. The maximum Gasteiger partial charge on any atom is 0.275 e. The Balaban J connectivity index is 1.75. The van der Waals surface area contributed by atoms with E-state index in [1.54, 1.807) is 11.0 Å². The van der Waals surface area contributed by atoms with E-state index in [1.165, 1.54) is 12.1 Å². The van der Waals surface area contributed by atoms with Crippen LogP contribution in [0.2, 0.25) is 0 Å². The molecule has 2 aliphatic rings. The molecule has 24 heavy (non-hydrogen) atoms. The van der Waals surface area contributed by atoms with Gasteiger partial charge in [-0.2, -0.15) is 0 Å². The van der Waals surface area contributed by atoms with Gasteiger partial charge in [0.15, 0.2) is 0 Å². The molecule has 0 spiro atoms. The second kappa shape index (κ2) is 6.52. The molecule has 0 saturated carbocycles. The third-order valence-corrected chi connectivity index (χ3v) is 4.63. The summed E-state index contributed by atoms with van der Waals surface area (Å²) in [5.74, 6) is -3.43. The zero-order chi connectivity index (χ0) is 17.3. The van der Waals surface area contributed by atoms with Gasteiger partial charge in [-0.3, -0.25) is 15.0 Å². The predicted octanol–water partition coefficient (Wildman–Crippen LogP) is 2.82. The van der Waals surface area contributed by atoms with Gasteiger partial charge in [0.2, 0.25) is 0 Å². The van der Waals surface area contributed by atoms with Crippen LogP contribution in [0.5, 0.6) is 0 Å². The fourth-order valence-electron chi connectivity index (χ4n) is 3.36. The molecule has 3 rings (SSSR count). The van der Waals surface area contributed by atoms with E-state index in [1.807, 2.05) is 0 Å². The number of halogens is 3. The quantitative estimate of drug-likeness (QED) is 0.678. The first-order valence-electron chi connectivity index (χ1n) is 7.84. The molecule has 1 atom stereocenters. The van der Waals surface area contributed by atoms with Gasteiger partial charge in [0.25, 0.3) is 11.6 Å². The Hall–Kier alpha value is -1.93. The number of piperidine rings is 1. The molecule has 1 N–H and O–H groups in total. The fraction of sp³-hybridized carbons (Fsp3) is 0.500. The highest BCUT2D eigenvalue weighted by Gasteiger charge is 2.44. The number of benzene rings is 1. The molecule has 1 aromatic carbocycles. The third-order valence-electron chi connectivity index (χ3n) is 4.63. The van der Waals surface area contributed by atoms with E-state index in [0.29, 0.717) is 43.6 Å². The summed E-state index contributed by atoms with van der Waals surface area (Å²) in [4.78, 5) is 11.7. The largest absolute Gasteiger partial charge is 0.311 e. The number of nitro groups is 1. The van der Waals surface area contributed by atoms with Crippen LogP contribution < -0.4 is 5.32 Å². The van der Waals surface area contributed by atoms with E-state index in [2.05, 4.69) is 5.32 Å². The molecule has 2 heterocycles. The molecule has 5 nitrogen and oxygen atoms in total. The number of hydrogen-bond donors (Lipinski definition) is 1. The molecule has 0 amide bonds. The number of rotatable bonds is 3. The van der Waals surface area contributed by atoms with Crippen molar-refractivity contribution in [1.29, 1.82) is 0 Å². The number of non-ortho nitro benzene ring substituents is 1. The molecular formula is C16H18F3N3O2. The topological polar surface area (TPSA) is 58.4 Å². The molecule has 1 aromatic rings. The van der Waals surface area contributed by atoms with Crippen molar-refractivity contribution >= 4 is 11.3 Å². The average Bonchev–Trinajstić information content (AvgIpc) is 2.54. The number of nitrogens with zero attached hydrogens (tertiary/aromatic N) is 2. The van der Waals surface area contributed by atoms with Gasteiger partial charge >= 0.3 is 0 Å². The molecule has 130 valence electrons. The Morgan fingerprint density at radius 1 is 1.38 bits per heavy atom. The standard InChI is InChI=1S/C16H18F3N3O2/c17-14-9-12(22(23)24)1-2-13(14)11-4-7-21(8-5-11)15-3-6-20-10-16(15,18)19/h1-2,4,9,15,20H,3,5-8,10H2. The van der Waals surface area contributed by atoms with E-state index >= 15 is 0 Å². The summed E-state index contributed by atoms with van der Waals surface area (Å²) in [7, 11) is 0. The molecule has 1 unspecified atom stereocenters. The van der Waals surface area contributed by atoms with E-state index in [9.17, 15) is 23.3 Å². The first-order chi connectivity index (χ1) is 11.4. The first-order valence-corrected chi connectivity index (χ1v) is 7.84. The zero-order valence-electron chi connectivity index (χ0n) is 13.0. The lowest BCUT2D eigenvalue weighted by molar-refractivity contribution is -0.385. The maximum absolute atomic E-state index is 14.1. The normalized spacial score (nSPS) is 24.5. The van der Waals surface area contributed by atoms with Gasteiger partial charge in [-0.05, 0) is 31.0 Å². The molecular weight excluding hydrogens is 323 g/mol. The van der Waals surface area contributed by atoms with Gasteiger partial charge in [-0.15, -0.1) is 0 Å². The highest BCUT2D eigenvalue weighted by atomic mass is 19.3. The molecule has 8 heteroatoms. The number of nitro benzene ring substituents is 1. The van der Waals surface area contributed by atoms with Crippen LogP contribution in [0.1, 0.15) is 18.4 Å². The lowest BCUT2D eigenvalue weighted by Gasteiger charge is -2.41. The predicted molar refractivity (Wildman–Crippen MR) is 83.4 cm³/mol. The SMILES string of the molecule is O=[N+]([O-])c1ccc(C2=CCN(C3CCNCC3(F)F)CC2)c(F)c1. The Morgan fingerprint density at radius 3 is 2.75 bits per heavy atom. The van der Waals surface area contributed by atoms with Crippen LogP contribution in [-0.4, -0.2) is 48.0 Å². The van der Waals surface area contributed by atoms with Gasteiger partial charge in [-0.25, -0.2) is 13.2 Å². The highest BCUT2D eigenvalue weighted by Crippen LogP contribution is 2.32. The van der Waals surface area contributed by atoms with Gasteiger partial charge in [0.1, 0.15) is 5.82 Å². The highest BCUT2D eigenvalue weighted by molar-refractivity contribution is 5.68. The number of alkyl halides is 2. The van der Waals surface area contributed by atoms with Crippen LogP contribution in [-0.2, 0) is 0 Å². The van der Waals surface area contributed by atoms with Crippen molar-refractivity contribution in [2.75, 3.05) is 26.2 Å². The van der Waals surface area contributed by atoms with Crippen LogP contribution in [0.3, 0.4) is 0 Å². The lowest BCUT2D eigenvalue weighted by Crippen LogP contribution is -2.57. The van der Waals surface area contributed by atoms with Crippen molar-refractivity contribution in [2.45, 2.75) is 24.8 Å². The summed E-state index contributed by atoms with van der Waals surface area (Å²) in [6.45, 7) is 0.987. The second-order valence-electron chi connectivity index (χ2n) is 6.14. The van der Waals surface area contributed by atoms with E-state index in [-0.39, 0.29) is 12.2 Å². The van der Waals surface area contributed by atoms with E-state index in [4.69, 9.17) is 0 Å². The van der Waals surface area contributed by atoms with Crippen molar-refractivity contribution in [1.82, 2.24) is 10.2 Å². The molecule has 1 saturated heterocycles. The van der Waals surface area contributed by atoms with Crippen molar-refractivity contribution in [3.63, 3.8) is 0 Å². The van der Waals surface area contributed by atoms with Gasteiger partial charge in [0, 0.05) is 24.7 Å². The van der Waals surface area contributed by atoms with Crippen LogP contribution in [0.25, 0.3) is 5.57 Å². The van der Waals surface area contributed by atoms with Crippen molar-refractivity contribution < 1.29 is 18.1 Å². The second-order valence-corrected chi connectivity index (χ2v) is 6.14. The first kappa shape index (κ1) is 16.9. The van der Waals surface area contributed by atoms with Crippen LogP contribution in [0, 0.1) is 15.9 Å². The smallest absolute Gasteiger partial charge is 0.275 e. The number of hydrogen-bond acceptors (Lipinski definition) is 4. The van der Waals surface area contributed by atoms with Gasteiger partial charge in [-0.1, -0.05) is 6.08 Å².